The molecule has 3 aromatic rings. The van der Waals surface area contributed by atoms with Crippen LogP contribution in [-0.2, 0) is 28.5 Å². The minimum absolute atomic E-state index is 0.0196. The highest BCUT2D eigenvalue weighted by Crippen LogP contribution is 2.36. The summed E-state index contributed by atoms with van der Waals surface area (Å²) < 4.78 is 112. The first kappa shape index (κ1) is 29.1. The van der Waals surface area contributed by atoms with Crippen LogP contribution in [0.25, 0.3) is 0 Å². The SMILES string of the molecule is O=C(Cn1ccnc1)N[C@@H](c1ccc(C(F)(F)F)cc1)c1ncccc1C(F)(F)F.O=C(O)C(F)(F)F. The van der Waals surface area contributed by atoms with Crippen molar-refractivity contribution in [2.75, 3.05) is 0 Å². The van der Waals surface area contributed by atoms with Crippen molar-refractivity contribution in [3.63, 3.8) is 0 Å². The van der Waals surface area contributed by atoms with Crippen molar-refractivity contribution >= 4 is 11.9 Å². The van der Waals surface area contributed by atoms with E-state index in [1.165, 1.54) is 23.3 Å². The number of aliphatic carboxylic acids is 1. The second-order valence-electron chi connectivity index (χ2n) is 7.09. The van der Waals surface area contributed by atoms with Crippen molar-refractivity contribution < 1.29 is 54.2 Å². The Kier molecular flexibility index (Phi) is 8.90. The Morgan fingerprint density at radius 1 is 0.919 bits per heavy atom. The Morgan fingerprint density at radius 3 is 1.97 bits per heavy atom. The van der Waals surface area contributed by atoms with Crippen LogP contribution in [0.3, 0.4) is 0 Å². The molecular formula is C21H15F9N4O3. The van der Waals surface area contributed by atoms with Crippen molar-refractivity contribution in [1.82, 2.24) is 19.9 Å². The Morgan fingerprint density at radius 2 is 1.51 bits per heavy atom. The number of carboxylic acids is 1. The van der Waals surface area contributed by atoms with Crippen LogP contribution in [0.4, 0.5) is 39.5 Å². The number of carbonyl (C=O) groups is 2. The smallest absolute Gasteiger partial charge is 0.475 e. The van der Waals surface area contributed by atoms with E-state index in [9.17, 15) is 44.3 Å². The lowest BCUT2D eigenvalue weighted by molar-refractivity contribution is -0.192. The first-order valence-corrected chi connectivity index (χ1v) is 9.74. The van der Waals surface area contributed by atoms with E-state index in [0.717, 1.165) is 42.6 Å². The van der Waals surface area contributed by atoms with Gasteiger partial charge in [0.25, 0.3) is 0 Å². The summed E-state index contributed by atoms with van der Waals surface area (Å²) in [5.74, 6) is -3.43. The maximum absolute atomic E-state index is 13.5. The second kappa shape index (κ2) is 11.3. The molecule has 2 N–H and O–H groups in total. The van der Waals surface area contributed by atoms with Crippen LogP contribution in [0.2, 0.25) is 0 Å². The van der Waals surface area contributed by atoms with Gasteiger partial charge in [-0.1, -0.05) is 12.1 Å². The van der Waals surface area contributed by atoms with Gasteiger partial charge >= 0.3 is 24.5 Å². The highest BCUT2D eigenvalue weighted by molar-refractivity contribution is 5.76. The average Bonchev–Trinajstić information content (AvgIpc) is 3.29. The number of amides is 1. The van der Waals surface area contributed by atoms with Crippen molar-refractivity contribution in [3.05, 3.63) is 83.7 Å². The second-order valence-corrected chi connectivity index (χ2v) is 7.09. The van der Waals surface area contributed by atoms with Crippen molar-refractivity contribution in [1.29, 1.82) is 0 Å². The maximum Gasteiger partial charge on any atom is 0.490 e. The van der Waals surface area contributed by atoms with E-state index in [4.69, 9.17) is 9.90 Å². The van der Waals surface area contributed by atoms with Gasteiger partial charge in [-0.3, -0.25) is 9.78 Å². The largest absolute Gasteiger partial charge is 0.490 e. The van der Waals surface area contributed by atoms with Crippen LogP contribution in [-0.4, -0.2) is 37.7 Å². The van der Waals surface area contributed by atoms with Crippen LogP contribution < -0.4 is 5.32 Å². The summed E-state index contributed by atoms with van der Waals surface area (Å²) in [6.45, 7) is -0.245. The van der Waals surface area contributed by atoms with Gasteiger partial charge in [-0.2, -0.15) is 39.5 Å². The number of carbonyl (C=O) groups excluding carboxylic acids is 1. The van der Waals surface area contributed by atoms with E-state index in [1.807, 2.05) is 0 Å². The third kappa shape index (κ3) is 8.50. The van der Waals surface area contributed by atoms with E-state index in [1.54, 1.807) is 0 Å². The summed E-state index contributed by atoms with van der Waals surface area (Å²) in [6.07, 6.45) is -9.11. The number of nitrogens with one attached hydrogen (secondary N) is 1. The van der Waals surface area contributed by atoms with E-state index in [2.05, 4.69) is 15.3 Å². The van der Waals surface area contributed by atoms with Crippen LogP contribution >= 0.6 is 0 Å². The van der Waals surface area contributed by atoms with Crippen LogP contribution in [0, 0.1) is 0 Å². The summed E-state index contributed by atoms with van der Waals surface area (Å²) in [5, 5.41) is 9.55. The van der Waals surface area contributed by atoms with Crippen molar-refractivity contribution in [2.24, 2.45) is 0 Å². The molecule has 0 aliphatic heterocycles. The average molecular weight is 542 g/mol. The van der Waals surface area contributed by atoms with Gasteiger partial charge in [-0.15, -0.1) is 0 Å². The highest BCUT2D eigenvalue weighted by atomic mass is 19.4. The molecule has 0 unspecified atom stereocenters. The maximum atomic E-state index is 13.5. The molecule has 0 radical (unpaired) electrons. The fourth-order valence-electron chi connectivity index (χ4n) is 2.81. The number of benzene rings is 1. The number of imidazole rings is 1. The highest BCUT2D eigenvalue weighted by Gasteiger charge is 2.38. The summed E-state index contributed by atoms with van der Waals surface area (Å²) in [6, 6.07) is 3.96. The fourth-order valence-corrected chi connectivity index (χ4v) is 2.81. The van der Waals surface area contributed by atoms with Gasteiger partial charge in [-0.05, 0) is 29.8 Å². The molecular weight excluding hydrogens is 527 g/mol. The molecule has 2 aromatic heterocycles. The number of hydrogen-bond acceptors (Lipinski definition) is 4. The number of aromatic nitrogens is 3. The standard InChI is InChI=1S/C19H14F6N4O.C2HF3O2/c20-18(21,22)13-5-3-12(4-6-13)16(28-15(30)10-29-9-8-26-11-29)17-14(19(23,24)25)2-1-7-27-17;3-2(4,5)1(6)7/h1-9,11,16H,10H2,(H,28,30);(H,6,7)/t16-;/m0./s1. The molecule has 0 bridgehead atoms. The van der Waals surface area contributed by atoms with Gasteiger partial charge < -0.3 is 15.0 Å². The van der Waals surface area contributed by atoms with Gasteiger partial charge in [-0.25, -0.2) is 9.78 Å². The van der Waals surface area contributed by atoms with Gasteiger partial charge in [0.1, 0.15) is 6.54 Å². The number of pyridine rings is 1. The van der Waals surface area contributed by atoms with E-state index in [0.29, 0.717) is 0 Å². The zero-order valence-corrected chi connectivity index (χ0v) is 18.1. The fraction of sp³-hybridized carbons (Fsp3) is 0.238. The molecule has 1 amide bonds. The third-order valence-electron chi connectivity index (χ3n) is 4.42. The Balaban J connectivity index is 0.000000604. The zero-order valence-electron chi connectivity index (χ0n) is 18.1. The number of carboxylic acid groups (broad SMARTS) is 1. The molecule has 0 spiro atoms. The van der Waals surface area contributed by atoms with E-state index >= 15 is 0 Å². The quantitative estimate of drug-likeness (QED) is 0.450. The molecule has 0 saturated heterocycles. The molecule has 1 atom stereocenters. The van der Waals surface area contributed by atoms with Gasteiger partial charge in [0.05, 0.1) is 29.2 Å². The van der Waals surface area contributed by atoms with Gasteiger partial charge in [0, 0.05) is 18.6 Å². The molecule has 3 rings (SSSR count). The van der Waals surface area contributed by atoms with E-state index in [-0.39, 0.29) is 12.1 Å². The summed E-state index contributed by atoms with van der Waals surface area (Å²) in [4.78, 5) is 28.8. The molecule has 0 aliphatic rings. The zero-order chi connectivity index (χ0) is 28.0. The van der Waals surface area contributed by atoms with E-state index < -0.39 is 53.3 Å². The monoisotopic (exact) mass is 542 g/mol. The summed E-state index contributed by atoms with van der Waals surface area (Å²) in [7, 11) is 0. The molecule has 7 nitrogen and oxygen atoms in total. The number of hydrogen-bond donors (Lipinski definition) is 2. The molecule has 0 fully saturated rings. The predicted octanol–water partition coefficient (Wildman–Crippen LogP) is 4.85. The lowest BCUT2D eigenvalue weighted by Gasteiger charge is -2.23. The Labute approximate surface area is 201 Å². The molecule has 1 aromatic carbocycles. The molecule has 200 valence electrons. The number of nitrogens with zero attached hydrogens (tertiary/aromatic N) is 3. The van der Waals surface area contributed by atoms with Gasteiger partial charge in [0.15, 0.2) is 0 Å². The van der Waals surface area contributed by atoms with Crippen molar-refractivity contribution in [2.45, 2.75) is 31.1 Å². The molecule has 0 saturated carbocycles. The summed E-state index contributed by atoms with van der Waals surface area (Å²) >= 11 is 0. The molecule has 37 heavy (non-hydrogen) atoms. The van der Waals surface area contributed by atoms with Crippen molar-refractivity contribution in [3.8, 4) is 0 Å². The van der Waals surface area contributed by atoms with Crippen LogP contribution in [0.5, 0.6) is 0 Å². The molecule has 2 heterocycles. The summed E-state index contributed by atoms with van der Waals surface area (Å²) in [5.41, 5.74) is -2.57. The first-order chi connectivity index (χ1) is 17.0. The van der Waals surface area contributed by atoms with Crippen LogP contribution in [0.15, 0.2) is 61.3 Å². The normalized spacial score (nSPS) is 12.8. The lowest BCUT2D eigenvalue weighted by atomic mass is 9.97. The molecule has 16 heteroatoms. The molecule has 0 aliphatic carbocycles. The predicted molar refractivity (Wildman–Crippen MR) is 107 cm³/mol. The number of halogens is 9. The third-order valence-corrected chi connectivity index (χ3v) is 4.42. The lowest BCUT2D eigenvalue weighted by Crippen LogP contribution is -2.33. The minimum Gasteiger partial charge on any atom is -0.475 e. The minimum atomic E-state index is -5.08. The van der Waals surface area contributed by atoms with Gasteiger partial charge in [0.2, 0.25) is 5.91 Å². The topological polar surface area (TPSA) is 97.1 Å². The first-order valence-electron chi connectivity index (χ1n) is 9.74. The Hall–Kier alpha value is -4.11. The number of alkyl halides is 9. The van der Waals surface area contributed by atoms with Crippen LogP contribution in [0.1, 0.15) is 28.4 Å². The number of rotatable bonds is 5. The Bertz CT molecular complexity index is 1190.